The van der Waals surface area contributed by atoms with Crippen molar-refractivity contribution >= 4 is 6.09 Å². The normalized spacial score (nSPS) is 9.62. The molecule has 1 aromatic heterocycles. The van der Waals surface area contributed by atoms with E-state index in [0.29, 0.717) is 6.54 Å². The van der Waals surface area contributed by atoms with Crippen molar-refractivity contribution in [2.75, 3.05) is 6.54 Å². The summed E-state index contributed by atoms with van der Waals surface area (Å²) in [6.07, 6.45) is 4.62. The van der Waals surface area contributed by atoms with E-state index >= 15 is 0 Å². The molecule has 0 aromatic carbocycles. The maximum absolute atomic E-state index is 11.0. The Labute approximate surface area is 76.6 Å². The second-order valence-electron chi connectivity index (χ2n) is 2.57. The summed E-state index contributed by atoms with van der Waals surface area (Å²) in [5.74, 6) is 0. The summed E-state index contributed by atoms with van der Waals surface area (Å²) in [6, 6.07) is 1.68. The van der Waals surface area contributed by atoms with Crippen molar-refractivity contribution in [1.29, 1.82) is 0 Å². The van der Waals surface area contributed by atoms with Gasteiger partial charge in [0.15, 0.2) is 0 Å². The first-order chi connectivity index (χ1) is 6.33. The highest BCUT2D eigenvalue weighted by Gasteiger charge is 2.01. The van der Waals surface area contributed by atoms with Crippen LogP contribution < -0.4 is 10.2 Å². The van der Waals surface area contributed by atoms with Crippen LogP contribution in [0.15, 0.2) is 18.5 Å². The standard InChI is InChI=1S/C8H13N3O2/c1-2-3-5-9-8(12)13-11-7-4-6-10-11/h4,6-7H,2-3,5H2,1H3,(H,9,12). The van der Waals surface area contributed by atoms with Crippen molar-refractivity contribution in [2.24, 2.45) is 0 Å². The fraction of sp³-hybridized carbons (Fsp3) is 0.500. The van der Waals surface area contributed by atoms with Crippen LogP contribution >= 0.6 is 0 Å². The molecule has 1 aromatic rings. The van der Waals surface area contributed by atoms with Crippen molar-refractivity contribution in [2.45, 2.75) is 19.8 Å². The molecule has 0 saturated heterocycles. The van der Waals surface area contributed by atoms with E-state index in [1.54, 1.807) is 18.5 Å². The Kier molecular flexibility index (Phi) is 3.81. The lowest BCUT2D eigenvalue weighted by Gasteiger charge is -2.03. The number of carbonyl (C=O) groups is 1. The maximum atomic E-state index is 11.0. The first-order valence-corrected chi connectivity index (χ1v) is 4.28. The summed E-state index contributed by atoms with van der Waals surface area (Å²) in [7, 11) is 0. The van der Waals surface area contributed by atoms with Crippen LogP contribution in [0.2, 0.25) is 0 Å². The lowest BCUT2D eigenvalue weighted by Crippen LogP contribution is -2.32. The molecule has 0 bridgehead atoms. The van der Waals surface area contributed by atoms with E-state index in [0.717, 1.165) is 17.7 Å². The predicted octanol–water partition coefficient (Wildman–Crippen LogP) is 0.821. The largest absolute Gasteiger partial charge is 0.433 e. The zero-order valence-electron chi connectivity index (χ0n) is 7.56. The molecule has 0 atom stereocenters. The van der Waals surface area contributed by atoms with Crippen LogP contribution in [0, 0.1) is 0 Å². The Morgan fingerprint density at radius 1 is 1.69 bits per heavy atom. The third-order valence-corrected chi connectivity index (χ3v) is 1.46. The van der Waals surface area contributed by atoms with Crippen molar-refractivity contribution in [1.82, 2.24) is 15.3 Å². The second-order valence-corrected chi connectivity index (χ2v) is 2.57. The first-order valence-electron chi connectivity index (χ1n) is 4.28. The number of amides is 1. The molecule has 0 aliphatic heterocycles. The fourth-order valence-corrected chi connectivity index (χ4v) is 0.793. The van der Waals surface area contributed by atoms with Crippen molar-refractivity contribution in [3.05, 3.63) is 18.5 Å². The molecule has 1 N–H and O–H groups in total. The number of unbranched alkanes of at least 4 members (excludes halogenated alkanes) is 1. The summed E-state index contributed by atoms with van der Waals surface area (Å²) >= 11 is 0. The summed E-state index contributed by atoms with van der Waals surface area (Å²) in [4.78, 5) is 16.9. The SMILES string of the molecule is CCCCNC(=O)On1cccn1. The molecule has 0 fully saturated rings. The van der Waals surface area contributed by atoms with Crippen molar-refractivity contribution in [3.8, 4) is 0 Å². The van der Waals surface area contributed by atoms with E-state index in [4.69, 9.17) is 4.84 Å². The maximum Gasteiger partial charge on any atom is 0.433 e. The van der Waals surface area contributed by atoms with Crippen molar-refractivity contribution in [3.63, 3.8) is 0 Å². The Morgan fingerprint density at radius 2 is 2.54 bits per heavy atom. The zero-order valence-corrected chi connectivity index (χ0v) is 7.56. The van der Waals surface area contributed by atoms with Gasteiger partial charge in [-0.3, -0.25) is 4.84 Å². The van der Waals surface area contributed by atoms with E-state index in [1.807, 2.05) is 0 Å². The monoisotopic (exact) mass is 183 g/mol. The second kappa shape index (κ2) is 5.18. The van der Waals surface area contributed by atoms with Gasteiger partial charge >= 0.3 is 6.09 Å². The summed E-state index contributed by atoms with van der Waals surface area (Å²) in [6.45, 7) is 2.69. The van der Waals surface area contributed by atoms with Gasteiger partial charge in [-0.2, -0.15) is 0 Å². The van der Waals surface area contributed by atoms with Crippen LogP contribution in [0.4, 0.5) is 4.79 Å². The molecule has 5 heteroatoms. The number of hydrogen-bond donors (Lipinski definition) is 1. The highest BCUT2D eigenvalue weighted by molar-refractivity contribution is 5.67. The Hall–Kier alpha value is -1.52. The minimum atomic E-state index is -0.475. The molecule has 13 heavy (non-hydrogen) atoms. The van der Waals surface area contributed by atoms with Crippen LogP contribution in [0.25, 0.3) is 0 Å². The van der Waals surface area contributed by atoms with Gasteiger partial charge in [-0.1, -0.05) is 18.2 Å². The molecular weight excluding hydrogens is 170 g/mol. The lowest BCUT2D eigenvalue weighted by atomic mass is 10.3. The molecule has 0 spiro atoms. The minimum absolute atomic E-state index is 0.475. The Bertz CT molecular complexity index is 246. The molecule has 1 heterocycles. The number of hydrogen-bond acceptors (Lipinski definition) is 3. The van der Waals surface area contributed by atoms with Crippen LogP contribution in [-0.2, 0) is 0 Å². The van der Waals surface area contributed by atoms with Gasteiger partial charge in [0.25, 0.3) is 0 Å². The van der Waals surface area contributed by atoms with Gasteiger partial charge in [-0.15, -0.1) is 5.10 Å². The molecule has 0 saturated carbocycles. The van der Waals surface area contributed by atoms with Crippen molar-refractivity contribution < 1.29 is 9.63 Å². The molecular formula is C8H13N3O2. The molecule has 5 nitrogen and oxygen atoms in total. The third-order valence-electron chi connectivity index (χ3n) is 1.46. The average molecular weight is 183 g/mol. The Morgan fingerprint density at radius 3 is 3.15 bits per heavy atom. The van der Waals surface area contributed by atoms with E-state index in [-0.39, 0.29) is 0 Å². The molecule has 1 amide bonds. The van der Waals surface area contributed by atoms with E-state index in [2.05, 4.69) is 17.3 Å². The number of nitrogens with one attached hydrogen (secondary N) is 1. The van der Waals surface area contributed by atoms with Crippen LogP contribution in [0.5, 0.6) is 0 Å². The Balaban J connectivity index is 2.18. The third kappa shape index (κ3) is 3.59. The van der Waals surface area contributed by atoms with Crippen LogP contribution in [0.3, 0.4) is 0 Å². The highest BCUT2D eigenvalue weighted by Crippen LogP contribution is 1.83. The van der Waals surface area contributed by atoms with Gasteiger partial charge in [-0.25, -0.2) is 4.79 Å². The average Bonchev–Trinajstić information content (AvgIpc) is 2.57. The van der Waals surface area contributed by atoms with Crippen LogP contribution in [-0.4, -0.2) is 22.6 Å². The number of aromatic nitrogens is 2. The van der Waals surface area contributed by atoms with Gasteiger partial charge in [0.2, 0.25) is 0 Å². The fourth-order valence-electron chi connectivity index (χ4n) is 0.793. The molecule has 0 radical (unpaired) electrons. The summed E-state index contributed by atoms with van der Waals surface area (Å²) in [5, 5.41) is 6.32. The molecule has 0 aliphatic rings. The highest BCUT2D eigenvalue weighted by atomic mass is 16.7. The molecule has 0 unspecified atom stereocenters. The lowest BCUT2D eigenvalue weighted by molar-refractivity contribution is 0.116. The first kappa shape index (κ1) is 9.57. The molecule has 72 valence electrons. The molecule has 0 aliphatic carbocycles. The van der Waals surface area contributed by atoms with Crippen LogP contribution in [0.1, 0.15) is 19.8 Å². The summed E-state index contributed by atoms with van der Waals surface area (Å²) < 4.78 is 0. The quantitative estimate of drug-likeness (QED) is 0.703. The van der Waals surface area contributed by atoms with Gasteiger partial charge in [0.05, 0.1) is 12.4 Å². The number of rotatable bonds is 4. The van der Waals surface area contributed by atoms with Gasteiger partial charge in [0, 0.05) is 6.54 Å². The van der Waals surface area contributed by atoms with Gasteiger partial charge in [-0.05, 0) is 12.5 Å². The van der Waals surface area contributed by atoms with Gasteiger partial charge < -0.3 is 5.32 Å². The molecule has 1 rings (SSSR count). The van der Waals surface area contributed by atoms with Gasteiger partial charge in [0.1, 0.15) is 0 Å². The summed E-state index contributed by atoms with van der Waals surface area (Å²) in [5.41, 5.74) is 0. The topological polar surface area (TPSA) is 56.1 Å². The smallest absolute Gasteiger partial charge is 0.320 e. The minimum Gasteiger partial charge on any atom is -0.320 e. The number of nitrogens with zero attached hydrogens (tertiary/aromatic N) is 2. The van der Waals surface area contributed by atoms with E-state index in [1.165, 1.54) is 0 Å². The number of carbonyl (C=O) groups excluding carboxylic acids is 1. The predicted molar refractivity (Wildman–Crippen MR) is 47.1 cm³/mol. The van der Waals surface area contributed by atoms with E-state index < -0.39 is 6.09 Å². The van der Waals surface area contributed by atoms with E-state index in [9.17, 15) is 4.79 Å². The zero-order chi connectivity index (χ0) is 9.52.